The Labute approximate surface area is 179 Å². The minimum atomic E-state index is -0.462. The fourth-order valence-corrected chi connectivity index (χ4v) is 3.16. The van der Waals surface area contributed by atoms with Gasteiger partial charge in [0.25, 0.3) is 0 Å². The van der Waals surface area contributed by atoms with E-state index in [0.717, 1.165) is 11.3 Å². The lowest BCUT2D eigenvalue weighted by atomic mass is 10.0. The normalized spacial score (nSPS) is 10.6. The number of carbonyl (C=O) groups excluding carboxylic acids is 1. The number of pyridine rings is 1. The molecule has 5 nitrogen and oxygen atoms in total. The van der Waals surface area contributed by atoms with Crippen LogP contribution in [-0.4, -0.2) is 31.3 Å². The van der Waals surface area contributed by atoms with Crippen molar-refractivity contribution >= 4 is 16.9 Å². The summed E-state index contributed by atoms with van der Waals surface area (Å²) >= 11 is 0. The number of para-hydroxylation sites is 1. The van der Waals surface area contributed by atoms with Crippen LogP contribution in [-0.2, 0) is 4.74 Å². The zero-order valence-electron chi connectivity index (χ0n) is 16.9. The monoisotopic (exact) mass is 417 g/mol. The van der Waals surface area contributed by atoms with Gasteiger partial charge in [-0.05, 0) is 60.7 Å². The molecule has 4 aromatic rings. The van der Waals surface area contributed by atoms with Gasteiger partial charge in [-0.3, -0.25) is 0 Å². The van der Waals surface area contributed by atoms with Crippen molar-refractivity contribution in [2.75, 3.05) is 20.3 Å². The number of hydrogen-bond donors (Lipinski definition) is 0. The predicted molar refractivity (Wildman–Crippen MR) is 116 cm³/mol. The average Bonchev–Trinajstić information content (AvgIpc) is 2.82. The SMILES string of the molecule is COc1ccc(-c2cc(C(=O)OCCOc3ccc(F)cc3)c3ccccc3n2)cc1. The summed E-state index contributed by atoms with van der Waals surface area (Å²) in [5.41, 5.74) is 2.65. The molecule has 0 unspecified atom stereocenters. The Balaban J connectivity index is 1.52. The van der Waals surface area contributed by atoms with E-state index in [9.17, 15) is 9.18 Å². The van der Waals surface area contributed by atoms with Crippen molar-refractivity contribution in [2.24, 2.45) is 0 Å². The summed E-state index contributed by atoms with van der Waals surface area (Å²) in [6, 6.07) is 22.3. The van der Waals surface area contributed by atoms with Crippen LogP contribution in [0.2, 0.25) is 0 Å². The Morgan fingerprint density at radius 1 is 0.903 bits per heavy atom. The number of carbonyl (C=O) groups is 1. The molecule has 0 saturated carbocycles. The van der Waals surface area contributed by atoms with Gasteiger partial charge in [-0.15, -0.1) is 0 Å². The van der Waals surface area contributed by atoms with Gasteiger partial charge in [0.15, 0.2) is 0 Å². The number of benzene rings is 3. The summed E-state index contributed by atoms with van der Waals surface area (Å²) in [4.78, 5) is 17.5. The van der Waals surface area contributed by atoms with E-state index in [1.54, 1.807) is 13.2 Å². The Bertz CT molecular complexity index is 1190. The van der Waals surface area contributed by atoms with Crippen LogP contribution >= 0.6 is 0 Å². The molecule has 6 heteroatoms. The first-order valence-corrected chi connectivity index (χ1v) is 9.74. The van der Waals surface area contributed by atoms with E-state index in [1.165, 1.54) is 24.3 Å². The first-order valence-electron chi connectivity index (χ1n) is 9.74. The van der Waals surface area contributed by atoms with Crippen molar-refractivity contribution in [3.63, 3.8) is 0 Å². The van der Waals surface area contributed by atoms with Crippen molar-refractivity contribution < 1.29 is 23.4 Å². The van der Waals surface area contributed by atoms with Crippen molar-refractivity contribution in [2.45, 2.75) is 0 Å². The summed E-state index contributed by atoms with van der Waals surface area (Å²) in [6.45, 7) is 0.219. The van der Waals surface area contributed by atoms with Crippen LogP contribution in [0.15, 0.2) is 78.9 Å². The Hall–Kier alpha value is -3.93. The van der Waals surface area contributed by atoms with Gasteiger partial charge in [0, 0.05) is 10.9 Å². The Morgan fingerprint density at radius 3 is 2.35 bits per heavy atom. The van der Waals surface area contributed by atoms with Crippen LogP contribution in [0.1, 0.15) is 10.4 Å². The highest BCUT2D eigenvalue weighted by Crippen LogP contribution is 2.26. The summed E-state index contributed by atoms with van der Waals surface area (Å²) in [6.07, 6.45) is 0. The van der Waals surface area contributed by atoms with Crippen molar-refractivity contribution in [3.8, 4) is 22.8 Å². The van der Waals surface area contributed by atoms with Gasteiger partial charge in [-0.25, -0.2) is 14.2 Å². The highest BCUT2D eigenvalue weighted by atomic mass is 19.1. The van der Waals surface area contributed by atoms with E-state index in [4.69, 9.17) is 14.2 Å². The summed E-state index contributed by atoms with van der Waals surface area (Å²) in [5, 5.41) is 0.712. The molecule has 1 aromatic heterocycles. The first-order chi connectivity index (χ1) is 15.1. The number of nitrogens with zero attached hydrogens (tertiary/aromatic N) is 1. The number of hydrogen-bond acceptors (Lipinski definition) is 5. The number of rotatable bonds is 7. The number of fused-ring (bicyclic) bond motifs is 1. The molecular weight excluding hydrogens is 397 g/mol. The molecule has 0 N–H and O–H groups in total. The number of ether oxygens (including phenoxy) is 3. The van der Waals surface area contributed by atoms with E-state index in [2.05, 4.69) is 4.98 Å². The van der Waals surface area contributed by atoms with Gasteiger partial charge in [0.1, 0.15) is 30.5 Å². The molecule has 0 atom stereocenters. The molecule has 0 saturated heterocycles. The Morgan fingerprint density at radius 2 is 1.61 bits per heavy atom. The minimum absolute atomic E-state index is 0.0602. The van der Waals surface area contributed by atoms with Crippen LogP contribution in [0.4, 0.5) is 4.39 Å². The van der Waals surface area contributed by atoms with Crippen molar-refractivity contribution in [3.05, 3.63) is 90.2 Å². The second-order valence-corrected chi connectivity index (χ2v) is 6.74. The summed E-state index contributed by atoms with van der Waals surface area (Å²) in [5.74, 6) is 0.450. The second kappa shape index (κ2) is 9.26. The van der Waals surface area contributed by atoms with E-state index < -0.39 is 5.97 Å². The average molecular weight is 417 g/mol. The molecule has 0 bridgehead atoms. The second-order valence-electron chi connectivity index (χ2n) is 6.74. The molecule has 0 spiro atoms. The zero-order valence-corrected chi connectivity index (χ0v) is 16.9. The maximum atomic E-state index is 13.0. The summed E-state index contributed by atoms with van der Waals surface area (Å²) in [7, 11) is 1.61. The molecule has 0 aliphatic carbocycles. The molecule has 4 rings (SSSR count). The number of halogens is 1. The van der Waals surface area contributed by atoms with Gasteiger partial charge in [0.2, 0.25) is 0 Å². The van der Waals surface area contributed by atoms with Gasteiger partial charge in [0.05, 0.1) is 23.9 Å². The van der Waals surface area contributed by atoms with Gasteiger partial charge in [-0.1, -0.05) is 18.2 Å². The molecule has 0 fully saturated rings. The van der Waals surface area contributed by atoms with Crippen LogP contribution < -0.4 is 9.47 Å². The molecule has 0 radical (unpaired) electrons. The first kappa shape index (κ1) is 20.3. The molecule has 156 valence electrons. The fourth-order valence-electron chi connectivity index (χ4n) is 3.16. The fraction of sp³-hybridized carbons (Fsp3) is 0.120. The van der Waals surface area contributed by atoms with E-state index >= 15 is 0 Å². The molecule has 0 aliphatic heterocycles. The third-order valence-corrected chi connectivity index (χ3v) is 4.72. The van der Waals surface area contributed by atoms with E-state index in [1.807, 2.05) is 48.5 Å². The lowest BCUT2D eigenvalue weighted by Gasteiger charge is -2.11. The van der Waals surface area contributed by atoms with Crippen LogP contribution in [0.3, 0.4) is 0 Å². The quantitative estimate of drug-likeness (QED) is 0.302. The maximum absolute atomic E-state index is 13.0. The third-order valence-electron chi connectivity index (χ3n) is 4.72. The molecule has 1 heterocycles. The van der Waals surface area contributed by atoms with E-state index in [-0.39, 0.29) is 19.0 Å². The molecule has 0 amide bonds. The maximum Gasteiger partial charge on any atom is 0.339 e. The van der Waals surface area contributed by atoms with Crippen molar-refractivity contribution in [1.82, 2.24) is 4.98 Å². The number of methoxy groups -OCH3 is 1. The highest BCUT2D eigenvalue weighted by molar-refractivity contribution is 6.04. The molecule has 3 aromatic carbocycles. The lowest BCUT2D eigenvalue weighted by Crippen LogP contribution is -2.13. The zero-order chi connectivity index (χ0) is 21.6. The Kier molecular flexibility index (Phi) is 6.08. The highest BCUT2D eigenvalue weighted by Gasteiger charge is 2.15. The number of esters is 1. The van der Waals surface area contributed by atoms with Crippen LogP contribution in [0.25, 0.3) is 22.2 Å². The van der Waals surface area contributed by atoms with Crippen LogP contribution in [0.5, 0.6) is 11.5 Å². The van der Waals surface area contributed by atoms with Gasteiger partial charge in [-0.2, -0.15) is 0 Å². The van der Waals surface area contributed by atoms with Crippen LogP contribution in [0, 0.1) is 5.82 Å². The predicted octanol–water partition coefficient (Wildman–Crippen LogP) is 5.29. The van der Waals surface area contributed by atoms with Gasteiger partial charge >= 0.3 is 5.97 Å². The van der Waals surface area contributed by atoms with Crippen molar-refractivity contribution in [1.29, 1.82) is 0 Å². The number of aromatic nitrogens is 1. The molecular formula is C25H20FNO4. The molecule has 0 aliphatic rings. The largest absolute Gasteiger partial charge is 0.497 e. The summed E-state index contributed by atoms with van der Waals surface area (Å²) < 4.78 is 29.1. The third kappa shape index (κ3) is 4.80. The standard InChI is InChI=1S/C25H20FNO4/c1-29-19-10-6-17(7-11-19)24-16-22(21-4-2-3-5-23(21)27-24)25(28)31-15-14-30-20-12-8-18(26)9-13-20/h2-13,16H,14-15H2,1H3. The smallest absolute Gasteiger partial charge is 0.339 e. The molecule has 31 heavy (non-hydrogen) atoms. The lowest BCUT2D eigenvalue weighted by molar-refractivity contribution is 0.0452. The minimum Gasteiger partial charge on any atom is -0.497 e. The van der Waals surface area contributed by atoms with E-state index in [0.29, 0.717) is 27.9 Å². The topological polar surface area (TPSA) is 57.7 Å². The van der Waals surface area contributed by atoms with Gasteiger partial charge < -0.3 is 14.2 Å².